The molecule has 57 heavy (non-hydrogen) atoms. The maximum atomic E-state index is 15.0. The molecule has 3 aliphatic rings. The minimum absolute atomic E-state index is 0.0405. The second-order valence-electron chi connectivity index (χ2n) is 17.1. The standard InChI is InChI=1S/C44H60N4O9/c1-7-12-29(40(52)36(51)21-27-17-18-27)22-34(49)33-23-30(57-38-16-11-15-37(55-5)41(38)56-6)26-48(33)43(54)31(44(2,3)4)24-35(50)39(28-13-9-8-10-14-28)47-42(53)32-25-45-19-20-46-32/h11,15-16,19-20,25,27-31,33,39H,7-10,12-14,17-18,21-24,26H2,1-6H3,(H,47,53)/t29-,30-,31-,33+,39+/m1/s1. The van der Waals surface area contributed by atoms with Gasteiger partial charge in [0.2, 0.25) is 17.4 Å². The molecule has 0 unspecified atom stereocenters. The number of amides is 2. The molecular weight excluding hydrogens is 729 g/mol. The van der Waals surface area contributed by atoms with Gasteiger partial charge in [-0.3, -0.25) is 33.8 Å². The Kier molecular flexibility index (Phi) is 15.0. The maximum Gasteiger partial charge on any atom is 0.272 e. The molecule has 2 saturated carbocycles. The lowest BCUT2D eigenvalue weighted by molar-refractivity contribution is -0.147. The summed E-state index contributed by atoms with van der Waals surface area (Å²) in [5.41, 5.74) is -0.627. The third kappa shape index (κ3) is 11.3. The average Bonchev–Trinajstić information content (AvgIpc) is 3.92. The molecule has 1 aromatic heterocycles. The van der Waals surface area contributed by atoms with Crippen molar-refractivity contribution in [3.63, 3.8) is 0 Å². The fourth-order valence-electron chi connectivity index (χ4n) is 8.38. The molecule has 5 rings (SSSR count). The summed E-state index contributed by atoms with van der Waals surface area (Å²) in [4.78, 5) is 93.2. The van der Waals surface area contributed by atoms with Crippen molar-refractivity contribution >= 4 is 34.9 Å². The van der Waals surface area contributed by atoms with E-state index in [-0.39, 0.29) is 67.2 Å². The summed E-state index contributed by atoms with van der Waals surface area (Å²) in [7, 11) is 3.02. The number of hydrogen-bond donors (Lipinski definition) is 1. The van der Waals surface area contributed by atoms with E-state index in [1.165, 1.54) is 37.7 Å². The first-order chi connectivity index (χ1) is 27.2. The van der Waals surface area contributed by atoms with E-state index in [0.29, 0.717) is 30.1 Å². The first-order valence-electron chi connectivity index (χ1n) is 20.6. The number of ether oxygens (including phenoxy) is 3. The Morgan fingerprint density at radius 1 is 0.930 bits per heavy atom. The van der Waals surface area contributed by atoms with Crippen molar-refractivity contribution in [3.05, 3.63) is 42.5 Å². The third-order valence-electron chi connectivity index (χ3n) is 11.8. The third-order valence-corrected chi connectivity index (χ3v) is 11.8. The lowest BCUT2D eigenvalue weighted by atomic mass is 9.74. The quantitative estimate of drug-likeness (QED) is 0.153. The van der Waals surface area contributed by atoms with Gasteiger partial charge in [-0.15, -0.1) is 0 Å². The number of aromatic nitrogens is 2. The zero-order valence-electron chi connectivity index (χ0n) is 34.4. The number of Topliss-reactive ketones (excluding diaryl/α,β-unsaturated/α-hetero) is 4. The number of rotatable bonds is 20. The Hall–Kier alpha value is -4.68. The van der Waals surface area contributed by atoms with Crippen LogP contribution in [0.1, 0.15) is 122 Å². The van der Waals surface area contributed by atoms with Crippen LogP contribution < -0.4 is 19.5 Å². The van der Waals surface area contributed by atoms with E-state index in [2.05, 4.69) is 15.3 Å². The second kappa shape index (κ2) is 19.7. The van der Waals surface area contributed by atoms with Crippen molar-refractivity contribution in [1.29, 1.82) is 0 Å². The van der Waals surface area contributed by atoms with E-state index in [4.69, 9.17) is 14.2 Å². The number of likely N-dealkylation sites (tertiary alicyclic amines) is 1. The lowest BCUT2D eigenvalue weighted by Gasteiger charge is -2.36. The largest absolute Gasteiger partial charge is 0.493 e. The minimum Gasteiger partial charge on any atom is -0.493 e. The fraction of sp³-hybridized carbons (Fsp3) is 0.636. The van der Waals surface area contributed by atoms with Gasteiger partial charge in [0, 0.05) is 49.9 Å². The van der Waals surface area contributed by atoms with Crippen LogP contribution in [0.15, 0.2) is 36.8 Å². The highest BCUT2D eigenvalue weighted by molar-refractivity contribution is 6.38. The normalized spacial score (nSPS) is 20.2. The van der Waals surface area contributed by atoms with E-state index in [1.54, 1.807) is 18.2 Å². The van der Waals surface area contributed by atoms with Crippen molar-refractivity contribution in [2.75, 3.05) is 20.8 Å². The van der Waals surface area contributed by atoms with Crippen LogP contribution in [0.4, 0.5) is 0 Å². The summed E-state index contributed by atoms with van der Waals surface area (Å²) >= 11 is 0. The topological polar surface area (TPSA) is 171 Å². The zero-order chi connectivity index (χ0) is 41.3. The van der Waals surface area contributed by atoms with E-state index >= 15 is 0 Å². The van der Waals surface area contributed by atoms with Crippen molar-refractivity contribution in [1.82, 2.24) is 20.2 Å². The van der Waals surface area contributed by atoms with Gasteiger partial charge >= 0.3 is 0 Å². The van der Waals surface area contributed by atoms with Gasteiger partial charge in [-0.2, -0.15) is 0 Å². The number of carbonyl (C=O) groups is 6. The van der Waals surface area contributed by atoms with Crippen LogP contribution in [-0.2, 0) is 24.0 Å². The number of para-hydroxylation sites is 1. The van der Waals surface area contributed by atoms with Crippen LogP contribution in [0, 0.1) is 29.1 Å². The number of methoxy groups -OCH3 is 2. The zero-order valence-corrected chi connectivity index (χ0v) is 34.4. The van der Waals surface area contributed by atoms with Gasteiger partial charge in [0.25, 0.3) is 5.91 Å². The second-order valence-corrected chi connectivity index (χ2v) is 17.1. The monoisotopic (exact) mass is 788 g/mol. The molecule has 310 valence electrons. The van der Waals surface area contributed by atoms with Gasteiger partial charge in [0.1, 0.15) is 11.8 Å². The van der Waals surface area contributed by atoms with Crippen LogP contribution in [0.5, 0.6) is 17.2 Å². The van der Waals surface area contributed by atoms with Crippen molar-refractivity contribution < 1.29 is 43.0 Å². The molecule has 2 aliphatic carbocycles. The van der Waals surface area contributed by atoms with Gasteiger partial charge in [-0.05, 0) is 61.5 Å². The highest BCUT2D eigenvalue weighted by atomic mass is 16.5. The molecule has 0 radical (unpaired) electrons. The lowest BCUT2D eigenvalue weighted by Crippen LogP contribution is -2.51. The molecule has 2 aromatic rings. The molecule has 0 spiro atoms. The number of nitrogens with zero attached hydrogens (tertiary/aromatic N) is 3. The molecule has 1 N–H and O–H groups in total. The highest BCUT2D eigenvalue weighted by Crippen LogP contribution is 2.40. The van der Waals surface area contributed by atoms with Crippen LogP contribution >= 0.6 is 0 Å². The summed E-state index contributed by atoms with van der Waals surface area (Å²) in [6, 6.07) is 3.42. The van der Waals surface area contributed by atoms with Gasteiger partial charge in [0.05, 0.1) is 39.0 Å². The van der Waals surface area contributed by atoms with Crippen molar-refractivity contribution in [2.45, 2.75) is 129 Å². The van der Waals surface area contributed by atoms with E-state index in [0.717, 1.165) is 44.9 Å². The maximum absolute atomic E-state index is 15.0. The summed E-state index contributed by atoms with van der Waals surface area (Å²) < 4.78 is 17.5. The predicted octanol–water partition coefficient (Wildman–Crippen LogP) is 6.16. The molecule has 13 heteroatoms. The molecular formula is C44H60N4O9. The molecule has 2 amide bonds. The minimum atomic E-state index is -0.963. The van der Waals surface area contributed by atoms with Crippen LogP contribution in [0.25, 0.3) is 0 Å². The van der Waals surface area contributed by atoms with Gasteiger partial charge < -0.3 is 24.4 Å². The Balaban J connectivity index is 1.43. The first-order valence-corrected chi connectivity index (χ1v) is 20.6. The Bertz CT molecular complexity index is 1750. The summed E-state index contributed by atoms with van der Waals surface area (Å²) in [5.74, 6) is -2.73. The molecule has 1 aromatic carbocycles. The van der Waals surface area contributed by atoms with E-state index in [9.17, 15) is 28.8 Å². The summed E-state index contributed by atoms with van der Waals surface area (Å²) in [6.07, 6.45) is 10.9. The van der Waals surface area contributed by atoms with Gasteiger partial charge in [-0.25, -0.2) is 4.98 Å². The molecule has 3 fully saturated rings. The van der Waals surface area contributed by atoms with Gasteiger partial charge in [-0.1, -0.05) is 59.4 Å². The number of hydrogen-bond acceptors (Lipinski definition) is 11. The van der Waals surface area contributed by atoms with Crippen molar-refractivity contribution in [2.24, 2.45) is 29.1 Å². The predicted molar refractivity (Wildman–Crippen MR) is 212 cm³/mol. The Morgan fingerprint density at radius 2 is 1.65 bits per heavy atom. The summed E-state index contributed by atoms with van der Waals surface area (Å²) in [6.45, 7) is 7.62. The van der Waals surface area contributed by atoms with Crippen LogP contribution in [0.2, 0.25) is 0 Å². The molecule has 13 nitrogen and oxygen atoms in total. The average molecular weight is 789 g/mol. The Labute approximate surface area is 336 Å². The number of carbonyl (C=O) groups excluding carboxylic acids is 6. The fourth-order valence-corrected chi connectivity index (χ4v) is 8.38. The SMILES string of the molecule is CCC[C@H](CC(=O)[C@@H]1C[C@@H](Oc2cccc(OC)c2OC)CN1C(=O)[C@@H](CC(=O)[C@@H](NC(=O)c1cnccn1)C1CCCCC1)C(C)(C)C)C(=O)C(=O)CC1CC1. The van der Waals surface area contributed by atoms with E-state index < -0.39 is 52.9 Å². The van der Waals surface area contributed by atoms with E-state index in [1.807, 2.05) is 27.7 Å². The van der Waals surface area contributed by atoms with Crippen LogP contribution in [-0.4, -0.2) is 88.8 Å². The molecule has 2 heterocycles. The van der Waals surface area contributed by atoms with Crippen LogP contribution in [0.3, 0.4) is 0 Å². The molecule has 0 bridgehead atoms. The molecule has 1 aliphatic heterocycles. The van der Waals surface area contributed by atoms with Gasteiger partial charge in [0.15, 0.2) is 28.8 Å². The first kappa shape index (κ1) is 43.4. The number of nitrogens with one attached hydrogen (secondary N) is 1. The summed E-state index contributed by atoms with van der Waals surface area (Å²) in [5, 5.41) is 2.95. The highest BCUT2D eigenvalue weighted by Gasteiger charge is 2.47. The molecule has 5 atom stereocenters. The molecule has 1 saturated heterocycles. The Morgan fingerprint density at radius 3 is 2.26 bits per heavy atom. The van der Waals surface area contributed by atoms with Crippen molar-refractivity contribution in [3.8, 4) is 17.2 Å². The number of benzene rings is 1. The smallest absolute Gasteiger partial charge is 0.272 e. The number of ketones is 4.